The molecule has 104 valence electrons. The quantitative estimate of drug-likeness (QED) is 0.874. The zero-order chi connectivity index (χ0) is 14.0. The topological polar surface area (TPSA) is 55.1 Å². The van der Waals surface area contributed by atoms with Crippen LogP contribution < -0.4 is 11.1 Å². The summed E-state index contributed by atoms with van der Waals surface area (Å²) in [7, 11) is 0. The molecule has 19 heavy (non-hydrogen) atoms. The molecule has 0 spiro atoms. The second-order valence-electron chi connectivity index (χ2n) is 6.64. The molecule has 3 N–H and O–H groups in total. The fourth-order valence-corrected chi connectivity index (χ4v) is 3.22. The van der Waals surface area contributed by atoms with Crippen molar-refractivity contribution in [1.29, 1.82) is 0 Å². The van der Waals surface area contributed by atoms with E-state index in [9.17, 15) is 4.79 Å². The van der Waals surface area contributed by atoms with Crippen molar-refractivity contribution < 1.29 is 4.79 Å². The molecule has 1 aromatic rings. The summed E-state index contributed by atoms with van der Waals surface area (Å²) in [5, 5.41) is 3.61. The molecule has 3 nitrogen and oxygen atoms in total. The lowest BCUT2D eigenvalue weighted by Crippen LogP contribution is -2.22. The Morgan fingerprint density at radius 3 is 2.42 bits per heavy atom. The van der Waals surface area contributed by atoms with Gasteiger partial charge in [-0.1, -0.05) is 32.9 Å². The van der Waals surface area contributed by atoms with Gasteiger partial charge in [-0.15, -0.1) is 0 Å². The summed E-state index contributed by atoms with van der Waals surface area (Å²) in [6, 6.07) is 8.56. The van der Waals surface area contributed by atoms with Gasteiger partial charge in [0.25, 0.3) is 0 Å². The molecule has 1 amide bonds. The Labute approximate surface area is 115 Å². The number of primary amides is 1. The fourth-order valence-electron chi connectivity index (χ4n) is 3.22. The number of carbonyl (C=O) groups is 1. The van der Waals surface area contributed by atoms with Crippen LogP contribution >= 0.6 is 0 Å². The lowest BCUT2D eigenvalue weighted by molar-refractivity contribution is -0.117. The van der Waals surface area contributed by atoms with Crippen molar-refractivity contribution in [3.8, 4) is 0 Å². The molecule has 0 unspecified atom stereocenters. The van der Waals surface area contributed by atoms with Crippen LogP contribution in [0.3, 0.4) is 0 Å². The van der Waals surface area contributed by atoms with E-state index in [4.69, 9.17) is 5.73 Å². The van der Waals surface area contributed by atoms with Gasteiger partial charge >= 0.3 is 0 Å². The van der Waals surface area contributed by atoms with Gasteiger partial charge < -0.3 is 11.1 Å². The molecule has 0 bridgehead atoms. The van der Waals surface area contributed by atoms with Crippen LogP contribution in [-0.4, -0.2) is 11.9 Å². The first-order valence-corrected chi connectivity index (χ1v) is 6.99. The van der Waals surface area contributed by atoms with Crippen molar-refractivity contribution in [2.45, 2.75) is 46.1 Å². The van der Waals surface area contributed by atoms with E-state index < -0.39 is 0 Å². The number of nitrogens with two attached hydrogens (primary N) is 1. The first kappa shape index (κ1) is 13.9. The van der Waals surface area contributed by atoms with Crippen molar-refractivity contribution >= 4 is 11.6 Å². The van der Waals surface area contributed by atoms with Gasteiger partial charge in [-0.25, -0.2) is 0 Å². The van der Waals surface area contributed by atoms with Gasteiger partial charge in [0.15, 0.2) is 0 Å². The van der Waals surface area contributed by atoms with Crippen LogP contribution in [0.1, 0.15) is 39.2 Å². The second-order valence-corrected chi connectivity index (χ2v) is 6.64. The van der Waals surface area contributed by atoms with Crippen molar-refractivity contribution in [3.63, 3.8) is 0 Å². The minimum Gasteiger partial charge on any atom is -0.382 e. The monoisotopic (exact) mass is 260 g/mol. The molecule has 1 aliphatic carbocycles. The molecule has 1 aromatic carbocycles. The molecular formula is C16H24N2O. The van der Waals surface area contributed by atoms with Crippen molar-refractivity contribution in [2.75, 3.05) is 5.32 Å². The van der Waals surface area contributed by atoms with E-state index in [2.05, 4.69) is 26.1 Å². The first-order chi connectivity index (χ1) is 8.85. The highest BCUT2D eigenvalue weighted by molar-refractivity contribution is 5.76. The summed E-state index contributed by atoms with van der Waals surface area (Å²) in [5.74, 6) is 0.409. The molecule has 0 saturated heterocycles. The number of amides is 1. The van der Waals surface area contributed by atoms with Crippen LogP contribution in [-0.2, 0) is 11.2 Å². The van der Waals surface area contributed by atoms with Crippen LogP contribution in [0.4, 0.5) is 5.69 Å². The number of hydrogen-bond donors (Lipinski definition) is 2. The summed E-state index contributed by atoms with van der Waals surface area (Å²) in [6.07, 6.45) is 2.79. The van der Waals surface area contributed by atoms with E-state index in [0.29, 0.717) is 23.8 Å². The van der Waals surface area contributed by atoms with Crippen LogP contribution in [0.15, 0.2) is 24.3 Å². The van der Waals surface area contributed by atoms with Crippen LogP contribution in [0.5, 0.6) is 0 Å². The van der Waals surface area contributed by atoms with Crippen molar-refractivity contribution in [1.82, 2.24) is 0 Å². The Morgan fingerprint density at radius 2 is 1.95 bits per heavy atom. The number of anilines is 1. The third-order valence-electron chi connectivity index (χ3n) is 4.02. The van der Waals surface area contributed by atoms with Gasteiger partial charge in [-0.05, 0) is 41.9 Å². The Balaban J connectivity index is 1.98. The maximum absolute atomic E-state index is 10.9. The van der Waals surface area contributed by atoms with Crippen LogP contribution in [0.25, 0.3) is 0 Å². The Hall–Kier alpha value is -1.51. The normalized spacial score (nSPS) is 25.2. The predicted octanol–water partition coefficient (Wildman–Crippen LogP) is 2.95. The van der Waals surface area contributed by atoms with Gasteiger partial charge in [0, 0.05) is 11.7 Å². The predicted molar refractivity (Wildman–Crippen MR) is 78.9 cm³/mol. The fraction of sp³-hybridized carbons (Fsp3) is 0.562. The van der Waals surface area contributed by atoms with E-state index in [1.165, 1.54) is 12.8 Å². The van der Waals surface area contributed by atoms with E-state index in [-0.39, 0.29) is 5.91 Å². The van der Waals surface area contributed by atoms with E-state index in [1.54, 1.807) is 0 Å². The number of hydrogen-bond acceptors (Lipinski definition) is 2. The summed E-state index contributed by atoms with van der Waals surface area (Å²) in [5.41, 5.74) is 7.72. The Morgan fingerprint density at radius 1 is 1.32 bits per heavy atom. The highest BCUT2D eigenvalue weighted by Crippen LogP contribution is 2.42. The highest BCUT2D eigenvalue weighted by Gasteiger charge is 2.36. The molecule has 0 heterocycles. The van der Waals surface area contributed by atoms with Crippen LogP contribution in [0, 0.1) is 11.3 Å². The van der Waals surface area contributed by atoms with Gasteiger partial charge in [-0.3, -0.25) is 4.79 Å². The zero-order valence-electron chi connectivity index (χ0n) is 12.1. The van der Waals surface area contributed by atoms with Gasteiger partial charge in [0.05, 0.1) is 6.42 Å². The second kappa shape index (κ2) is 5.24. The minimum absolute atomic E-state index is 0.285. The first-order valence-electron chi connectivity index (χ1n) is 6.99. The molecule has 1 saturated carbocycles. The van der Waals surface area contributed by atoms with Crippen molar-refractivity contribution in [3.05, 3.63) is 29.8 Å². The molecule has 2 atom stereocenters. The van der Waals surface area contributed by atoms with E-state index in [1.807, 2.05) is 24.3 Å². The van der Waals surface area contributed by atoms with Gasteiger partial charge in [0.1, 0.15) is 0 Å². The number of nitrogens with one attached hydrogen (secondary N) is 1. The average molecular weight is 260 g/mol. The summed E-state index contributed by atoms with van der Waals surface area (Å²) < 4.78 is 0. The molecule has 0 aliphatic heterocycles. The minimum atomic E-state index is -0.285. The Bertz CT molecular complexity index is 450. The smallest absolute Gasteiger partial charge is 0.221 e. The van der Waals surface area contributed by atoms with Gasteiger partial charge in [-0.2, -0.15) is 0 Å². The van der Waals surface area contributed by atoms with E-state index >= 15 is 0 Å². The lowest BCUT2D eigenvalue weighted by atomic mass is 9.91. The van der Waals surface area contributed by atoms with Crippen LogP contribution in [0.2, 0.25) is 0 Å². The van der Waals surface area contributed by atoms with E-state index in [0.717, 1.165) is 11.3 Å². The SMILES string of the molecule is C[C@H]1CC(C)(C)C[C@@H]1Nc1ccc(CC(N)=O)cc1. The Kier molecular flexibility index (Phi) is 3.83. The molecular weight excluding hydrogens is 236 g/mol. The number of carbonyl (C=O) groups excluding carboxylic acids is 1. The third-order valence-corrected chi connectivity index (χ3v) is 4.02. The zero-order valence-corrected chi connectivity index (χ0v) is 12.1. The van der Waals surface area contributed by atoms with Gasteiger partial charge in [0.2, 0.25) is 5.91 Å². The molecule has 1 fully saturated rings. The number of benzene rings is 1. The maximum atomic E-state index is 10.9. The largest absolute Gasteiger partial charge is 0.382 e. The highest BCUT2D eigenvalue weighted by atomic mass is 16.1. The molecule has 0 aromatic heterocycles. The maximum Gasteiger partial charge on any atom is 0.221 e. The standard InChI is InChI=1S/C16H24N2O/c1-11-9-16(2,3)10-14(11)18-13-6-4-12(5-7-13)8-15(17)19/h4-7,11,14,18H,8-10H2,1-3H3,(H2,17,19)/t11-,14-/m0/s1. The summed E-state index contributed by atoms with van der Waals surface area (Å²) in [6.45, 7) is 6.98. The summed E-state index contributed by atoms with van der Waals surface area (Å²) >= 11 is 0. The molecule has 0 radical (unpaired) electrons. The average Bonchev–Trinajstić information content (AvgIpc) is 2.54. The lowest BCUT2D eigenvalue weighted by Gasteiger charge is -2.20. The summed E-state index contributed by atoms with van der Waals surface area (Å²) in [4.78, 5) is 10.9. The molecule has 2 rings (SSSR count). The number of rotatable bonds is 4. The molecule has 3 heteroatoms. The third kappa shape index (κ3) is 3.72. The van der Waals surface area contributed by atoms with Crippen molar-refractivity contribution in [2.24, 2.45) is 17.1 Å². The molecule has 1 aliphatic rings.